The number of methoxy groups -OCH3 is 1. The van der Waals surface area contributed by atoms with Gasteiger partial charge < -0.3 is 14.8 Å². The highest BCUT2D eigenvalue weighted by Crippen LogP contribution is 2.22. The molecule has 1 saturated carbocycles. The fourth-order valence-electron chi connectivity index (χ4n) is 1.89. The summed E-state index contributed by atoms with van der Waals surface area (Å²) >= 11 is 3.40. The van der Waals surface area contributed by atoms with E-state index in [1.165, 1.54) is 0 Å². The van der Waals surface area contributed by atoms with Gasteiger partial charge in [-0.25, -0.2) is 0 Å². The topological polar surface area (TPSA) is 30.5 Å². The molecule has 4 heteroatoms. The van der Waals surface area contributed by atoms with Crippen molar-refractivity contribution >= 4 is 15.9 Å². The van der Waals surface area contributed by atoms with Crippen molar-refractivity contribution in [2.24, 2.45) is 0 Å². The number of nitrogens with one attached hydrogen (secondary N) is 1. The predicted octanol–water partition coefficient (Wildman–Crippen LogP) is 2.59. The zero-order chi connectivity index (χ0) is 12.1. The monoisotopic (exact) mass is 299 g/mol. The Morgan fingerprint density at radius 2 is 2.00 bits per heavy atom. The van der Waals surface area contributed by atoms with E-state index in [-0.39, 0.29) is 0 Å². The number of benzene rings is 1. The van der Waals surface area contributed by atoms with E-state index >= 15 is 0 Å². The lowest BCUT2D eigenvalue weighted by molar-refractivity contribution is 0.0167. The van der Waals surface area contributed by atoms with Crippen molar-refractivity contribution in [1.82, 2.24) is 5.32 Å². The van der Waals surface area contributed by atoms with E-state index in [0.29, 0.717) is 18.8 Å². The molecule has 0 saturated heterocycles. The summed E-state index contributed by atoms with van der Waals surface area (Å²) in [6, 6.07) is 8.51. The van der Waals surface area contributed by atoms with Crippen LogP contribution in [0.15, 0.2) is 28.7 Å². The largest absolute Gasteiger partial charge is 0.492 e. The average Bonchev–Trinajstić information content (AvgIpc) is 2.29. The van der Waals surface area contributed by atoms with Crippen LogP contribution in [0.25, 0.3) is 0 Å². The van der Waals surface area contributed by atoms with E-state index in [2.05, 4.69) is 21.2 Å². The number of ether oxygens (including phenoxy) is 2. The van der Waals surface area contributed by atoms with Gasteiger partial charge in [-0.1, -0.05) is 15.9 Å². The second kappa shape index (κ2) is 6.38. The number of hydrogen-bond acceptors (Lipinski definition) is 3. The van der Waals surface area contributed by atoms with Gasteiger partial charge in [0, 0.05) is 24.2 Å². The highest BCUT2D eigenvalue weighted by atomic mass is 79.9. The van der Waals surface area contributed by atoms with Crippen LogP contribution in [0.5, 0.6) is 5.75 Å². The van der Waals surface area contributed by atoms with Crippen molar-refractivity contribution in [3.63, 3.8) is 0 Å². The molecule has 3 nitrogen and oxygen atoms in total. The van der Waals surface area contributed by atoms with Crippen LogP contribution in [-0.2, 0) is 4.74 Å². The van der Waals surface area contributed by atoms with Gasteiger partial charge in [-0.3, -0.25) is 0 Å². The van der Waals surface area contributed by atoms with Gasteiger partial charge in [0.15, 0.2) is 0 Å². The SMILES string of the molecule is COC1CC(NCCOc2ccc(Br)cc2)C1. The molecular formula is C13H18BrNO2. The van der Waals surface area contributed by atoms with Gasteiger partial charge >= 0.3 is 0 Å². The normalized spacial score (nSPS) is 23.2. The smallest absolute Gasteiger partial charge is 0.119 e. The van der Waals surface area contributed by atoms with Gasteiger partial charge in [-0.2, -0.15) is 0 Å². The predicted molar refractivity (Wildman–Crippen MR) is 71.5 cm³/mol. The first-order valence-electron chi connectivity index (χ1n) is 5.92. The van der Waals surface area contributed by atoms with Gasteiger partial charge in [-0.15, -0.1) is 0 Å². The van der Waals surface area contributed by atoms with Crippen LogP contribution in [0.4, 0.5) is 0 Å². The molecule has 1 N–H and O–H groups in total. The Bertz CT molecular complexity index is 336. The van der Waals surface area contributed by atoms with Crippen molar-refractivity contribution in [2.75, 3.05) is 20.3 Å². The first-order valence-corrected chi connectivity index (χ1v) is 6.72. The molecule has 1 aromatic carbocycles. The molecule has 1 aliphatic carbocycles. The lowest BCUT2D eigenvalue weighted by Crippen LogP contribution is -2.46. The summed E-state index contributed by atoms with van der Waals surface area (Å²) in [6.07, 6.45) is 2.70. The fraction of sp³-hybridized carbons (Fsp3) is 0.538. The molecule has 94 valence electrons. The molecule has 0 amide bonds. The molecule has 0 aromatic heterocycles. The summed E-state index contributed by atoms with van der Waals surface area (Å²) in [5.41, 5.74) is 0. The standard InChI is InChI=1S/C13H18BrNO2/c1-16-13-8-11(9-13)15-6-7-17-12-4-2-10(14)3-5-12/h2-5,11,13,15H,6-9H2,1H3. The minimum absolute atomic E-state index is 0.458. The minimum atomic E-state index is 0.458. The Balaban J connectivity index is 1.56. The van der Waals surface area contributed by atoms with Crippen molar-refractivity contribution in [2.45, 2.75) is 25.0 Å². The molecule has 1 aliphatic rings. The molecule has 0 radical (unpaired) electrons. The average molecular weight is 300 g/mol. The maximum Gasteiger partial charge on any atom is 0.119 e. The van der Waals surface area contributed by atoms with Gasteiger partial charge in [0.05, 0.1) is 6.10 Å². The maximum atomic E-state index is 5.62. The Hall–Kier alpha value is -0.580. The van der Waals surface area contributed by atoms with Crippen LogP contribution < -0.4 is 10.1 Å². The summed E-state index contributed by atoms with van der Waals surface area (Å²) in [5.74, 6) is 0.915. The summed E-state index contributed by atoms with van der Waals surface area (Å²) in [5, 5.41) is 3.45. The zero-order valence-electron chi connectivity index (χ0n) is 9.99. The molecule has 2 rings (SSSR count). The third kappa shape index (κ3) is 3.98. The quantitative estimate of drug-likeness (QED) is 0.819. The van der Waals surface area contributed by atoms with E-state index in [1.807, 2.05) is 24.3 Å². The van der Waals surface area contributed by atoms with Gasteiger partial charge in [0.25, 0.3) is 0 Å². The third-order valence-electron chi connectivity index (χ3n) is 3.05. The first-order chi connectivity index (χ1) is 8.28. The second-order valence-electron chi connectivity index (χ2n) is 4.28. The lowest BCUT2D eigenvalue weighted by Gasteiger charge is -2.34. The van der Waals surface area contributed by atoms with Crippen LogP contribution in [-0.4, -0.2) is 32.4 Å². The lowest BCUT2D eigenvalue weighted by atomic mass is 9.89. The van der Waals surface area contributed by atoms with Crippen LogP contribution in [0.3, 0.4) is 0 Å². The van der Waals surface area contributed by atoms with Gasteiger partial charge in [0.1, 0.15) is 12.4 Å². The molecule has 0 spiro atoms. The van der Waals surface area contributed by atoms with Crippen LogP contribution in [0.1, 0.15) is 12.8 Å². The maximum absolute atomic E-state index is 5.62. The number of halogens is 1. The first kappa shape index (κ1) is 12.9. The summed E-state index contributed by atoms with van der Waals surface area (Å²) in [6.45, 7) is 1.59. The zero-order valence-corrected chi connectivity index (χ0v) is 11.6. The van der Waals surface area contributed by atoms with Crippen molar-refractivity contribution in [3.8, 4) is 5.75 Å². The third-order valence-corrected chi connectivity index (χ3v) is 3.57. The van der Waals surface area contributed by atoms with E-state index in [9.17, 15) is 0 Å². The fourth-order valence-corrected chi connectivity index (χ4v) is 2.15. The Kier molecular flexibility index (Phi) is 4.83. The van der Waals surface area contributed by atoms with E-state index < -0.39 is 0 Å². The van der Waals surface area contributed by atoms with Crippen molar-refractivity contribution in [3.05, 3.63) is 28.7 Å². The molecule has 0 aliphatic heterocycles. The van der Waals surface area contributed by atoms with Crippen molar-refractivity contribution in [1.29, 1.82) is 0 Å². The molecule has 0 bridgehead atoms. The van der Waals surface area contributed by atoms with E-state index in [0.717, 1.165) is 29.6 Å². The summed E-state index contributed by atoms with van der Waals surface area (Å²) < 4.78 is 11.9. The Morgan fingerprint density at radius 1 is 1.29 bits per heavy atom. The summed E-state index contributed by atoms with van der Waals surface area (Å²) in [4.78, 5) is 0. The van der Waals surface area contributed by atoms with Crippen LogP contribution >= 0.6 is 15.9 Å². The van der Waals surface area contributed by atoms with Gasteiger partial charge in [0.2, 0.25) is 0 Å². The molecular weight excluding hydrogens is 282 g/mol. The highest BCUT2D eigenvalue weighted by Gasteiger charge is 2.27. The Labute approximate surface area is 111 Å². The molecule has 1 fully saturated rings. The van der Waals surface area contributed by atoms with E-state index in [4.69, 9.17) is 9.47 Å². The molecule has 0 atom stereocenters. The van der Waals surface area contributed by atoms with Gasteiger partial charge in [-0.05, 0) is 37.1 Å². The van der Waals surface area contributed by atoms with E-state index in [1.54, 1.807) is 7.11 Å². The Morgan fingerprint density at radius 3 is 2.65 bits per heavy atom. The number of hydrogen-bond donors (Lipinski definition) is 1. The molecule has 0 unspecified atom stereocenters. The van der Waals surface area contributed by atoms with Crippen molar-refractivity contribution < 1.29 is 9.47 Å². The molecule has 0 heterocycles. The molecule has 17 heavy (non-hydrogen) atoms. The van der Waals surface area contributed by atoms with Crippen LogP contribution in [0, 0.1) is 0 Å². The summed E-state index contributed by atoms with van der Waals surface area (Å²) in [7, 11) is 1.78. The molecule has 1 aromatic rings. The van der Waals surface area contributed by atoms with Crippen LogP contribution in [0.2, 0.25) is 0 Å². The highest BCUT2D eigenvalue weighted by molar-refractivity contribution is 9.10. The second-order valence-corrected chi connectivity index (χ2v) is 5.20. The minimum Gasteiger partial charge on any atom is -0.492 e. The number of rotatable bonds is 6.